The minimum absolute atomic E-state index is 0.438. The molecule has 0 spiro atoms. The van der Waals surface area contributed by atoms with Gasteiger partial charge in [0.1, 0.15) is 0 Å². The van der Waals surface area contributed by atoms with Gasteiger partial charge in [0.15, 0.2) is 4.77 Å². The van der Waals surface area contributed by atoms with Crippen molar-refractivity contribution in [3.05, 3.63) is 63.2 Å². The van der Waals surface area contributed by atoms with Crippen LogP contribution in [0.4, 0.5) is 0 Å². The third-order valence-electron chi connectivity index (χ3n) is 3.28. The lowest BCUT2D eigenvalue weighted by molar-refractivity contribution is 1.08. The fourth-order valence-corrected chi connectivity index (χ4v) is 2.85. The Hall–Kier alpha value is -1.75. The van der Waals surface area contributed by atoms with E-state index in [1.54, 1.807) is 18.5 Å². The summed E-state index contributed by atoms with van der Waals surface area (Å²) in [6.07, 6.45) is 3.45. The molecule has 0 amide bonds. The van der Waals surface area contributed by atoms with Crippen molar-refractivity contribution in [2.24, 2.45) is 0 Å². The summed E-state index contributed by atoms with van der Waals surface area (Å²) in [5.41, 5.74) is 4.53. The van der Waals surface area contributed by atoms with Crippen LogP contribution in [0.15, 0.2) is 42.7 Å². The van der Waals surface area contributed by atoms with E-state index >= 15 is 0 Å². The van der Waals surface area contributed by atoms with Gasteiger partial charge in [0.05, 0.1) is 15.7 Å². The molecule has 0 atom stereocenters. The van der Waals surface area contributed by atoms with Gasteiger partial charge in [0, 0.05) is 29.2 Å². The Labute approximate surface area is 156 Å². The van der Waals surface area contributed by atoms with Crippen molar-refractivity contribution >= 4 is 35.4 Å². The van der Waals surface area contributed by atoms with Gasteiger partial charge in [-0.1, -0.05) is 43.1 Å². The van der Waals surface area contributed by atoms with Crippen molar-refractivity contribution < 1.29 is 0 Å². The van der Waals surface area contributed by atoms with Gasteiger partial charge in [-0.05, 0) is 49.0 Å². The molecule has 1 aromatic carbocycles. The van der Waals surface area contributed by atoms with E-state index in [1.807, 2.05) is 45.0 Å². The topological polar surface area (TPSA) is 41.6 Å². The van der Waals surface area contributed by atoms with E-state index < -0.39 is 0 Å². The molecule has 6 heteroatoms. The second-order valence-electron chi connectivity index (χ2n) is 4.76. The fraction of sp³-hybridized carbons (Fsp3) is 0.167. The highest BCUT2D eigenvalue weighted by molar-refractivity contribution is 7.71. The van der Waals surface area contributed by atoms with Crippen molar-refractivity contribution in [1.82, 2.24) is 15.0 Å². The van der Waals surface area contributed by atoms with Gasteiger partial charge in [-0.25, -0.2) is 4.98 Å². The second-order valence-corrected chi connectivity index (χ2v) is 5.96. The van der Waals surface area contributed by atoms with Crippen LogP contribution in [0.2, 0.25) is 10.0 Å². The lowest BCUT2D eigenvalue weighted by atomic mass is 9.98. The zero-order chi connectivity index (χ0) is 17.7. The van der Waals surface area contributed by atoms with Crippen LogP contribution in [0.25, 0.3) is 22.4 Å². The zero-order valence-electron chi connectivity index (χ0n) is 13.6. The molecule has 3 rings (SSSR count). The minimum atomic E-state index is 0.438. The maximum Gasteiger partial charge on any atom is 0.197 e. The summed E-state index contributed by atoms with van der Waals surface area (Å²) in [6.45, 7) is 5.96. The maximum absolute atomic E-state index is 6.15. The smallest absolute Gasteiger partial charge is 0.197 e. The van der Waals surface area contributed by atoms with Crippen LogP contribution in [-0.2, 0) is 0 Å². The Morgan fingerprint density at radius 2 is 1.62 bits per heavy atom. The number of hydrogen-bond donors (Lipinski definition) is 1. The summed E-state index contributed by atoms with van der Waals surface area (Å²) >= 11 is 17.4. The van der Waals surface area contributed by atoms with Crippen LogP contribution in [0.1, 0.15) is 19.5 Å². The van der Waals surface area contributed by atoms with E-state index in [-0.39, 0.29) is 0 Å². The Kier molecular flexibility index (Phi) is 6.49. The molecule has 0 bridgehead atoms. The van der Waals surface area contributed by atoms with Crippen LogP contribution in [0.5, 0.6) is 0 Å². The second kappa shape index (κ2) is 8.38. The van der Waals surface area contributed by atoms with E-state index in [9.17, 15) is 0 Å². The van der Waals surface area contributed by atoms with Crippen molar-refractivity contribution in [2.45, 2.75) is 20.8 Å². The summed E-state index contributed by atoms with van der Waals surface area (Å²) < 4.78 is 0.438. The SMILES string of the molecule is CC.Cc1[nH]c(=S)nc(-c2ccncc2)c1-c1ccc(Cl)c(Cl)c1. The van der Waals surface area contributed by atoms with Crippen LogP contribution in [0, 0.1) is 11.7 Å². The number of nitrogens with zero attached hydrogens (tertiary/aromatic N) is 2. The molecule has 0 aliphatic rings. The predicted molar refractivity (Wildman–Crippen MR) is 104 cm³/mol. The summed E-state index contributed by atoms with van der Waals surface area (Å²) in [5, 5.41) is 1.02. The molecule has 0 radical (unpaired) electrons. The third kappa shape index (κ3) is 4.01. The van der Waals surface area contributed by atoms with Gasteiger partial charge in [-0.2, -0.15) is 0 Å². The Bertz CT molecular complexity index is 893. The van der Waals surface area contributed by atoms with E-state index in [0.29, 0.717) is 14.8 Å². The number of nitrogens with one attached hydrogen (secondary N) is 1. The highest BCUT2D eigenvalue weighted by atomic mass is 35.5. The fourth-order valence-electron chi connectivity index (χ4n) is 2.31. The Morgan fingerprint density at radius 3 is 2.25 bits per heavy atom. The summed E-state index contributed by atoms with van der Waals surface area (Å²) in [6, 6.07) is 9.32. The van der Waals surface area contributed by atoms with E-state index in [4.69, 9.17) is 35.4 Å². The van der Waals surface area contributed by atoms with Gasteiger partial charge in [-0.3, -0.25) is 4.98 Å². The van der Waals surface area contributed by atoms with Gasteiger partial charge in [0.2, 0.25) is 0 Å². The summed E-state index contributed by atoms with van der Waals surface area (Å²) in [5.74, 6) is 0. The summed E-state index contributed by atoms with van der Waals surface area (Å²) in [4.78, 5) is 11.6. The average Bonchev–Trinajstić information content (AvgIpc) is 2.59. The molecule has 0 unspecified atom stereocenters. The van der Waals surface area contributed by atoms with Crippen molar-refractivity contribution in [2.75, 3.05) is 0 Å². The summed E-state index contributed by atoms with van der Waals surface area (Å²) in [7, 11) is 0. The number of aromatic amines is 1. The number of rotatable bonds is 2. The number of benzene rings is 1. The number of pyridine rings is 1. The molecule has 3 aromatic rings. The number of H-pyrrole nitrogens is 1. The molecule has 0 saturated carbocycles. The first-order chi connectivity index (χ1) is 11.6. The maximum atomic E-state index is 6.15. The van der Waals surface area contributed by atoms with E-state index in [2.05, 4.69) is 15.0 Å². The molecule has 0 aliphatic heterocycles. The van der Waals surface area contributed by atoms with E-state index in [1.165, 1.54) is 0 Å². The van der Waals surface area contributed by atoms with E-state index in [0.717, 1.165) is 28.1 Å². The lowest BCUT2D eigenvalue weighted by Crippen LogP contribution is -1.97. The first kappa shape index (κ1) is 18.6. The Morgan fingerprint density at radius 1 is 0.958 bits per heavy atom. The third-order valence-corrected chi connectivity index (χ3v) is 4.21. The Balaban J connectivity index is 0.00000100. The van der Waals surface area contributed by atoms with Gasteiger partial charge >= 0.3 is 0 Å². The van der Waals surface area contributed by atoms with Gasteiger partial charge < -0.3 is 4.98 Å². The van der Waals surface area contributed by atoms with Crippen molar-refractivity contribution in [3.8, 4) is 22.4 Å². The molecule has 3 nitrogen and oxygen atoms in total. The number of hydrogen-bond acceptors (Lipinski definition) is 3. The standard InChI is InChI=1S/C16H11Cl2N3S.C2H6/c1-9-14(11-2-3-12(17)13(18)8-11)15(21-16(22)20-9)10-4-6-19-7-5-10;1-2/h2-8H,1H3,(H,20,21,22);1-2H3. The highest BCUT2D eigenvalue weighted by Gasteiger charge is 2.14. The van der Waals surface area contributed by atoms with Crippen LogP contribution in [-0.4, -0.2) is 15.0 Å². The lowest BCUT2D eigenvalue weighted by Gasteiger charge is -2.13. The predicted octanol–water partition coefficient (Wildman–Crippen LogP) is 6.51. The van der Waals surface area contributed by atoms with Crippen molar-refractivity contribution in [1.29, 1.82) is 0 Å². The number of halogens is 2. The average molecular weight is 378 g/mol. The first-order valence-corrected chi connectivity index (χ1v) is 8.69. The molecule has 0 fully saturated rings. The molecular formula is C18H17Cl2N3S. The largest absolute Gasteiger partial charge is 0.334 e. The molecule has 0 saturated heterocycles. The molecule has 2 heterocycles. The minimum Gasteiger partial charge on any atom is -0.334 e. The number of aryl methyl sites for hydroxylation is 1. The molecular weight excluding hydrogens is 361 g/mol. The molecule has 1 N–H and O–H groups in total. The molecule has 0 aliphatic carbocycles. The van der Waals surface area contributed by atoms with Crippen molar-refractivity contribution in [3.63, 3.8) is 0 Å². The monoisotopic (exact) mass is 377 g/mol. The van der Waals surface area contributed by atoms with Gasteiger partial charge in [0.25, 0.3) is 0 Å². The normalized spacial score (nSPS) is 10.0. The van der Waals surface area contributed by atoms with Crippen LogP contribution < -0.4 is 0 Å². The first-order valence-electron chi connectivity index (χ1n) is 7.53. The van der Waals surface area contributed by atoms with Crippen LogP contribution >= 0.6 is 35.4 Å². The highest BCUT2D eigenvalue weighted by Crippen LogP contribution is 2.35. The zero-order valence-corrected chi connectivity index (χ0v) is 15.9. The number of aromatic nitrogens is 3. The molecule has 24 heavy (non-hydrogen) atoms. The van der Waals surface area contributed by atoms with Gasteiger partial charge in [-0.15, -0.1) is 0 Å². The molecule has 2 aromatic heterocycles. The quantitative estimate of drug-likeness (QED) is 0.517. The van der Waals surface area contributed by atoms with Crippen LogP contribution in [0.3, 0.4) is 0 Å². The molecule has 124 valence electrons.